The summed E-state index contributed by atoms with van der Waals surface area (Å²) in [6.45, 7) is 0.980. The van der Waals surface area contributed by atoms with Crippen molar-refractivity contribution in [2.45, 2.75) is 55.9 Å². The molecular formula is C20H27N3O4S. The van der Waals surface area contributed by atoms with Gasteiger partial charge in [-0.3, -0.25) is 10.1 Å². The molecule has 0 spiro atoms. The molecule has 4 fully saturated rings. The van der Waals surface area contributed by atoms with Crippen molar-refractivity contribution in [3.05, 3.63) is 28.3 Å². The largest absolute Gasteiger partial charge is 0.376 e. The summed E-state index contributed by atoms with van der Waals surface area (Å²) < 4.78 is 27.0. The van der Waals surface area contributed by atoms with E-state index < -0.39 is 14.9 Å². The monoisotopic (exact) mass is 405 g/mol. The standard InChI is InChI=1S/C20H27N3O4S/c24-23(25)20-12-14(28(26,27)22-8-1-2-9-22)6-7-18(20)21-19-11-13-10-17(19)16-5-3-4-15(13)16/h6-7,12-13,15-17,19,21H,1-5,8-11H2. The third-order valence-corrected chi connectivity index (χ3v) is 9.53. The van der Waals surface area contributed by atoms with E-state index in [0.717, 1.165) is 37.0 Å². The first-order valence-corrected chi connectivity index (χ1v) is 11.9. The van der Waals surface area contributed by atoms with Gasteiger partial charge in [-0.15, -0.1) is 0 Å². The molecule has 3 aliphatic carbocycles. The zero-order valence-electron chi connectivity index (χ0n) is 15.9. The molecule has 1 saturated heterocycles. The summed E-state index contributed by atoms with van der Waals surface area (Å²) in [6, 6.07) is 4.62. The fraction of sp³-hybridized carbons (Fsp3) is 0.700. The molecule has 5 atom stereocenters. The third kappa shape index (κ3) is 2.84. The minimum absolute atomic E-state index is 0.0236. The molecule has 2 bridgehead atoms. The van der Waals surface area contributed by atoms with Crippen molar-refractivity contribution in [3.63, 3.8) is 0 Å². The van der Waals surface area contributed by atoms with Gasteiger partial charge in [0.15, 0.2) is 0 Å². The maximum atomic E-state index is 12.8. The highest BCUT2D eigenvalue weighted by Crippen LogP contribution is 2.59. The summed E-state index contributed by atoms with van der Waals surface area (Å²) in [5.74, 6) is 2.99. The Morgan fingerprint density at radius 1 is 1.04 bits per heavy atom. The lowest BCUT2D eigenvalue weighted by atomic mass is 9.79. The van der Waals surface area contributed by atoms with Crippen molar-refractivity contribution < 1.29 is 13.3 Å². The van der Waals surface area contributed by atoms with Gasteiger partial charge in [0.2, 0.25) is 10.0 Å². The van der Waals surface area contributed by atoms with Gasteiger partial charge >= 0.3 is 0 Å². The van der Waals surface area contributed by atoms with Crippen molar-refractivity contribution in [1.82, 2.24) is 4.31 Å². The Labute approximate surface area is 165 Å². The van der Waals surface area contributed by atoms with Crippen LogP contribution >= 0.6 is 0 Å². The normalized spacial score (nSPS) is 34.6. The van der Waals surface area contributed by atoms with E-state index in [1.54, 1.807) is 6.07 Å². The van der Waals surface area contributed by atoms with E-state index in [-0.39, 0.29) is 16.6 Å². The Morgan fingerprint density at radius 2 is 1.79 bits per heavy atom. The molecule has 3 saturated carbocycles. The number of nitro benzene ring substituents is 1. The van der Waals surface area contributed by atoms with Crippen LogP contribution in [0.3, 0.4) is 0 Å². The van der Waals surface area contributed by atoms with Gasteiger partial charge in [-0.2, -0.15) is 4.31 Å². The summed E-state index contributed by atoms with van der Waals surface area (Å²) in [5.41, 5.74) is 0.323. The lowest BCUT2D eigenvalue weighted by Crippen LogP contribution is -2.34. The molecule has 0 aromatic heterocycles. The van der Waals surface area contributed by atoms with Gasteiger partial charge < -0.3 is 5.32 Å². The van der Waals surface area contributed by atoms with Crippen LogP contribution < -0.4 is 5.32 Å². The lowest BCUT2D eigenvalue weighted by molar-refractivity contribution is -0.384. The van der Waals surface area contributed by atoms with Crippen LogP contribution in [0, 0.1) is 33.8 Å². The van der Waals surface area contributed by atoms with Crippen LogP contribution in [0.4, 0.5) is 11.4 Å². The van der Waals surface area contributed by atoms with Crippen molar-refractivity contribution in [3.8, 4) is 0 Å². The number of fused-ring (bicyclic) bond motifs is 5. The van der Waals surface area contributed by atoms with Gasteiger partial charge in [0.25, 0.3) is 5.69 Å². The number of hydrogen-bond donors (Lipinski definition) is 1. The molecule has 1 heterocycles. The highest BCUT2D eigenvalue weighted by atomic mass is 32.2. The Morgan fingerprint density at radius 3 is 2.54 bits per heavy atom. The lowest BCUT2D eigenvalue weighted by Gasteiger charge is -2.32. The van der Waals surface area contributed by atoms with Crippen LogP contribution in [0.25, 0.3) is 0 Å². The molecule has 5 unspecified atom stereocenters. The molecule has 7 nitrogen and oxygen atoms in total. The average molecular weight is 406 g/mol. The first-order chi connectivity index (χ1) is 13.4. The summed E-state index contributed by atoms with van der Waals surface area (Å²) in [5, 5.41) is 15.1. The molecule has 1 aromatic rings. The van der Waals surface area contributed by atoms with Gasteiger partial charge in [-0.05, 0) is 74.3 Å². The average Bonchev–Trinajstić information content (AvgIpc) is 3.42. The molecule has 0 radical (unpaired) electrons. The maximum Gasteiger partial charge on any atom is 0.293 e. The highest BCUT2D eigenvalue weighted by molar-refractivity contribution is 7.89. The predicted octanol–water partition coefficient (Wildman–Crippen LogP) is 3.62. The molecule has 5 rings (SSSR count). The Bertz CT molecular complexity index is 897. The topological polar surface area (TPSA) is 92.5 Å². The molecule has 28 heavy (non-hydrogen) atoms. The van der Waals surface area contributed by atoms with Gasteiger partial charge in [-0.1, -0.05) is 6.42 Å². The fourth-order valence-corrected chi connectivity index (χ4v) is 7.99. The molecule has 8 heteroatoms. The Kier molecular flexibility index (Phi) is 4.39. The smallest absolute Gasteiger partial charge is 0.293 e. The van der Waals surface area contributed by atoms with E-state index in [0.29, 0.717) is 24.7 Å². The number of nitrogens with zero attached hydrogens (tertiary/aromatic N) is 2. The van der Waals surface area contributed by atoms with Gasteiger partial charge in [0.1, 0.15) is 5.69 Å². The molecule has 1 N–H and O–H groups in total. The number of anilines is 1. The second-order valence-corrected chi connectivity index (χ2v) is 10.9. The number of benzene rings is 1. The van der Waals surface area contributed by atoms with E-state index in [1.807, 2.05) is 0 Å². The van der Waals surface area contributed by atoms with Crippen molar-refractivity contribution in [1.29, 1.82) is 0 Å². The fourth-order valence-electron chi connectivity index (χ4n) is 6.46. The first-order valence-electron chi connectivity index (χ1n) is 10.5. The summed E-state index contributed by atoms with van der Waals surface area (Å²) in [6.07, 6.45) is 7.96. The third-order valence-electron chi connectivity index (χ3n) is 7.64. The van der Waals surface area contributed by atoms with Crippen molar-refractivity contribution in [2.24, 2.45) is 23.7 Å². The van der Waals surface area contributed by atoms with Crippen LogP contribution in [-0.4, -0.2) is 36.8 Å². The van der Waals surface area contributed by atoms with Crippen LogP contribution in [0.1, 0.15) is 44.9 Å². The molecule has 152 valence electrons. The van der Waals surface area contributed by atoms with Gasteiger partial charge in [0.05, 0.1) is 9.82 Å². The van der Waals surface area contributed by atoms with Crippen molar-refractivity contribution in [2.75, 3.05) is 18.4 Å². The maximum absolute atomic E-state index is 12.8. The SMILES string of the molecule is O=[N+]([O-])c1cc(S(=O)(=O)N2CCCC2)ccc1NC1CC2CC1C1CCCC21. The van der Waals surface area contributed by atoms with Crippen LogP contribution in [-0.2, 0) is 10.0 Å². The minimum Gasteiger partial charge on any atom is -0.376 e. The summed E-state index contributed by atoms with van der Waals surface area (Å²) in [4.78, 5) is 11.3. The molecule has 1 aromatic carbocycles. The molecule has 1 aliphatic heterocycles. The Balaban J connectivity index is 1.40. The minimum atomic E-state index is -3.66. The number of nitrogens with one attached hydrogen (secondary N) is 1. The van der Waals surface area contributed by atoms with Crippen LogP contribution in [0.2, 0.25) is 0 Å². The quantitative estimate of drug-likeness (QED) is 0.597. The first kappa shape index (κ1) is 18.4. The zero-order chi connectivity index (χ0) is 19.5. The van der Waals surface area contributed by atoms with E-state index in [2.05, 4.69) is 5.32 Å². The molecule has 4 aliphatic rings. The highest BCUT2D eigenvalue weighted by Gasteiger charge is 2.53. The van der Waals surface area contributed by atoms with E-state index in [4.69, 9.17) is 0 Å². The number of rotatable bonds is 5. The molecule has 0 amide bonds. The summed E-state index contributed by atoms with van der Waals surface area (Å²) in [7, 11) is -3.66. The summed E-state index contributed by atoms with van der Waals surface area (Å²) >= 11 is 0. The zero-order valence-corrected chi connectivity index (χ0v) is 16.7. The second-order valence-electron chi connectivity index (χ2n) is 8.95. The van der Waals surface area contributed by atoms with E-state index in [1.165, 1.54) is 42.1 Å². The Hall–Kier alpha value is -1.67. The number of hydrogen-bond acceptors (Lipinski definition) is 5. The molecular weight excluding hydrogens is 378 g/mol. The van der Waals surface area contributed by atoms with E-state index >= 15 is 0 Å². The van der Waals surface area contributed by atoms with Crippen LogP contribution in [0.15, 0.2) is 23.1 Å². The van der Waals surface area contributed by atoms with Gasteiger partial charge in [0, 0.05) is 25.2 Å². The van der Waals surface area contributed by atoms with E-state index in [9.17, 15) is 18.5 Å². The predicted molar refractivity (Wildman–Crippen MR) is 106 cm³/mol. The van der Waals surface area contributed by atoms with Crippen LogP contribution in [0.5, 0.6) is 0 Å². The number of nitro groups is 1. The second kappa shape index (κ2) is 6.69. The number of sulfonamides is 1. The van der Waals surface area contributed by atoms with Crippen molar-refractivity contribution >= 4 is 21.4 Å². The van der Waals surface area contributed by atoms with Gasteiger partial charge in [-0.25, -0.2) is 8.42 Å².